The van der Waals surface area contributed by atoms with E-state index in [4.69, 9.17) is 5.73 Å². The lowest BCUT2D eigenvalue weighted by molar-refractivity contribution is 0.836. The highest BCUT2D eigenvalue weighted by atomic mass is 32.1. The fraction of sp³-hybridized carbons (Fsp3) is 0.333. The average Bonchev–Trinajstić information content (AvgIpc) is 2.72. The van der Waals surface area contributed by atoms with Gasteiger partial charge >= 0.3 is 0 Å². The predicted octanol–water partition coefficient (Wildman–Crippen LogP) is 3.00. The Morgan fingerprint density at radius 1 is 1.47 bits per heavy atom. The maximum atomic E-state index is 5.91. The van der Waals surface area contributed by atoms with E-state index in [1.165, 1.54) is 18.0 Å². The van der Waals surface area contributed by atoms with E-state index in [9.17, 15) is 0 Å². The van der Waals surface area contributed by atoms with Crippen LogP contribution in [0.15, 0.2) is 24.5 Å². The highest BCUT2D eigenvalue weighted by Gasteiger charge is 2.12. The minimum Gasteiger partial charge on any atom is -0.382 e. The van der Waals surface area contributed by atoms with Crippen LogP contribution in [-0.4, -0.2) is 15.9 Å². The van der Waals surface area contributed by atoms with Crippen molar-refractivity contribution in [2.45, 2.75) is 19.8 Å². The summed E-state index contributed by atoms with van der Waals surface area (Å²) in [5, 5.41) is 4.41. The second kappa shape index (κ2) is 5.63. The molecule has 0 aliphatic carbocycles. The van der Waals surface area contributed by atoms with E-state index in [-0.39, 0.29) is 0 Å². The Balaban J connectivity index is 2.24. The first-order valence-electron chi connectivity index (χ1n) is 5.72. The van der Waals surface area contributed by atoms with E-state index in [1.807, 2.05) is 18.3 Å². The minimum absolute atomic E-state index is 0.571. The summed E-state index contributed by atoms with van der Waals surface area (Å²) in [4.78, 5) is 4.11. The number of anilines is 2. The Hall–Kier alpha value is -1.62. The number of hydrogen-bond donors (Lipinski definition) is 2. The van der Waals surface area contributed by atoms with Crippen LogP contribution in [0.4, 0.5) is 10.8 Å². The van der Waals surface area contributed by atoms with Gasteiger partial charge in [0.2, 0.25) is 0 Å². The molecule has 0 spiro atoms. The highest BCUT2D eigenvalue weighted by molar-refractivity contribution is 7.11. The second-order valence-electron chi connectivity index (χ2n) is 3.79. The molecule has 0 saturated heterocycles. The van der Waals surface area contributed by atoms with Gasteiger partial charge in [-0.15, -0.1) is 0 Å². The zero-order valence-electron chi connectivity index (χ0n) is 9.81. The first-order chi connectivity index (χ1) is 8.33. The minimum atomic E-state index is 0.571. The number of nitrogens with two attached hydrogens (primary N) is 1. The van der Waals surface area contributed by atoms with Crippen molar-refractivity contribution in [3.8, 4) is 11.1 Å². The topological polar surface area (TPSA) is 63.8 Å². The van der Waals surface area contributed by atoms with Crippen molar-refractivity contribution in [1.82, 2.24) is 9.36 Å². The Kier molecular flexibility index (Phi) is 3.93. The monoisotopic (exact) mass is 248 g/mol. The van der Waals surface area contributed by atoms with Crippen molar-refractivity contribution in [1.29, 1.82) is 0 Å². The van der Waals surface area contributed by atoms with E-state index in [2.05, 4.69) is 21.6 Å². The lowest BCUT2D eigenvalue weighted by Crippen LogP contribution is -2.00. The van der Waals surface area contributed by atoms with Crippen molar-refractivity contribution in [3.05, 3.63) is 24.5 Å². The number of pyridine rings is 1. The molecule has 17 heavy (non-hydrogen) atoms. The van der Waals surface area contributed by atoms with Crippen LogP contribution in [0.2, 0.25) is 0 Å². The van der Waals surface area contributed by atoms with Gasteiger partial charge in [-0.3, -0.25) is 4.98 Å². The third kappa shape index (κ3) is 2.74. The number of aromatic nitrogens is 2. The molecule has 5 heteroatoms. The normalized spacial score (nSPS) is 10.4. The Labute approximate surface area is 105 Å². The first kappa shape index (κ1) is 11.9. The summed E-state index contributed by atoms with van der Waals surface area (Å²) in [5.74, 6) is 0.571. The molecule has 0 saturated carbocycles. The average molecular weight is 248 g/mol. The van der Waals surface area contributed by atoms with E-state index in [0.717, 1.165) is 29.1 Å². The van der Waals surface area contributed by atoms with Crippen LogP contribution in [-0.2, 0) is 0 Å². The van der Waals surface area contributed by atoms with Gasteiger partial charge in [0.05, 0.1) is 5.56 Å². The van der Waals surface area contributed by atoms with Crippen molar-refractivity contribution in [2.75, 3.05) is 17.6 Å². The summed E-state index contributed by atoms with van der Waals surface area (Å²) in [6.07, 6.45) is 5.88. The summed E-state index contributed by atoms with van der Waals surface area (Å²) < 4.78 is 4.20. The molecule has 0 atom stereocenters. The third-order valence-electron chi connectivity index (χ3n) is 2.48. The molecule has 3 N–H and O–H groups in total. The quantitative estimate of drug-likeness (QED) is 0.798. The van der Waals surface area contributed by atoms with Crippen LogP contribution in [0.5, 0.6) is 0 Å². The van der Waals surface area contributed by atoms with Crippen LogP contribution in [0.25, 0.3) is 11.1 Å². The molecule has 90 valence electrons. The third-order valence-corrected chi connectivity index (χ3v) is 3.30. The fourth-order valence-corrected chi connectivity index (χ4v) is 2.35. The van der Waals surface area contributed by atoms with Crippen LogP contribution in [0.1, 0.15) is 19.8 Å². The van der Waals surface area contributed by atoms with Gasteiger partial charge in [0.15, 0.2) is 0 Å². The zero-order chi connectivity index (χ0) is 12.1. The van der Waals surface area contributed by atoms with Gasteiger partial charge in [0.25, 0.3) is 0 Å². The smallest absolute Gasteiger partial charge is 0.147 e. The van der Waals surface area contributed by atoms with Crippen molar-refractivity contribution >= 4 is 22.4 Å². The molecular weight excluding hydrogens is 232 g/mol. The summed E-state index contributed by atoms with van der Waals surface area (Å²) in [6.45, 7) is 3.12. The molecule has 0 radical (unpaired) electrons. The van der Waals surface area contributed by atoms with Crippen molar-refractivity contribution in [3.63, 3.8) is 0 Å². The molecule has 0 amide bonds. The molecule has 0 aromatic carbocycles. The fourth-order valence-electron chi connectivity index (χ4n) is 1.59. The molecule has 2 aromatic heterocycles. The molecule has 0 fully saturated rings. The largest absolute Gasteiger partial charge is 0.382 e. The lowest BCUT2D eigenvalue weighted by Gasteiger charge is -2.06. The highest BCUT2D eigenvalue weighted by Crippen LogP contribution is 2.36. The van der Waals surface area contributed by atoms with Crippen molar-refractivity contribution in [2.24, 2.45) is 0 Å². The Bertz CT molecular complexity index is 467. The van der Waals surface area contributed by atoms with Gasteiger partial charge in [-0.1, -0.05) is 19.4 Å². The van der Waals surface area contributed by atoms with Gasteiger partial charge in [-0.25, -0.2) is 0 Å². The van der Waals surface area contributed by atoms with Crippen LogP contribution < -0.4 is 11.1 Å². The molecule has 2 rings (SSSR count). The Morgan fingerprint density at radius 3 is 3.06 bits per heavy atom. The Morgan fingerprint density at radius 2 is 2.35 bits per heavy atom. The number of nitrogens with one attached hydrogen (secondary N) is 1. The number of nitrogen functional groups attached to an aromatic ring is 1. The number of nitrogens with zero attached hydrogens (tertiary/aromatic N) is 2. The summed E-state index contributed by atoms with van der Waals surface area (Å²) in [7, 11) is 0. The summed E-state index contributed by atoms with van der Waals surface area (Å²) in [5.41, 5.74) is 7.89. The molecule has 0 aliphatic heterocycles. The number of rotatable bonds is 5. The van der Waals surface area contributed by atoms with Gasteiger partial charge in [0, 0.05) is 24.5 Å². The molecule has 0 aliphatic rings. The van der Waals surface area contributed by atoms with Crippen LogP contribution in [0.3, 0.4) is 0 Å². The lowest BCUT2D eigenvalue weighted by atomic mass is 10.1. The van der Waals surface area contributed by atoms with Gasteiger partial charge in [0.1, 0.15) is 10.8 Å². The molecule has 2 aromatic rings. The summed E-state index contributed by atoms with van der Waals surface area (Å²) >= 11 is 1.41. The molecule has 0 unspecified atom stereocenters. The maximum absolute atomic E-state index is 5.91. The van der Waals surface area contributed by atoms with Gasteiger partial charge in [-0.05, 0) is 24.0 Å². The maximum Gasteiger partial charge on any atom is 0.147 e. The van der Waals surface area contributed by atoms with E-state index in [0.29, 0.717) is 5.82 Å². The predicted molar refractivity (Wildman–Crippen MR) is 73.2 cm³/mol. The number of hydrogen-bond acceptors (Lipinski definition) is 5. The molecule has 2 heterocycles. The van der Waals surface area contributed by atoms with Crippen molar-refractivity contribution < 1.29 is 0 Å². The molecule has 4 nitrogen and oxygen atoms in total. The van der Waals surface area contributed by atoms with E-state index < -0.39 is 0 Å². The van der Waals surface area contributed by atoms with E-state index >= 15 is 0 Å². The number of unbranched alkanes of at least 4 members (excludes halogenated alkanes) is 1. The summed E-state index contributed by atoms with van der Waals surface area (Å²) in [6, 6.07) is 3.90. The van der Waals surface area contributed by atoms with Gasteiger partial charge in [-0.2, -0.15) is 4.37 Å². The molecular formula is C12H16N4S. The SMILES string of the molecule is CCCCNc1snc(N)c1-c1cccnc1. The van der Waals surface area contributed by atoms with Gasteiger partial charge < -0.3 is 11.1 Å². The molecule has 0 bridgehead atoms. The van der Waals surface area contributed by atoms with E-state index in [1.54, 1.807) is 6.20 Å². The first-order valence-corrected chi connectivity index (χ1v) is 6.49. The van der Waals surface area contributed by atoms with Crippen LogP contribution >= 0.6 is 11.5 Å². The zero-order valence-corrected chi connectivity index (χ0v) is 10.6. The standard InChI is InChI=1S/C12H16N4S/c1-2-3-7-15-12-10(11(13)16-17-12)9-5-4-6-14-8-9/h4-6,8,15H,2-3,7H2,1H3,(H2,13,16). The van der Waals surface area contributed by atoms with Crippen LogP contribution in [0, 0.1) is 0 Å². The second-order valence-corrected chi connectivity index (χ2v) is 4.57.